The van der Waals surface area contributed by atoms with E-state index in [0.717, 1.165) is 11.1 Å². The summed E-state index contributed by atoms with van der Waals surface area (Å²) >= 11 is 0. The average molecular weight is 321 g/mol. The van der Waals surface area contributed by atoms with Gasteiger partial charge in [0.15, 0.2) is 0 Å². The normalized spacial score (nSPS) is 10.6. The van der Waals surface area contributed by atoms with Crippen LogP contribution in [-0.4, -0.2) is 19.9 Å². The van der Waals surface area contributed by atoms with Crippen LogP contribution in [-0.2, 0) is 6.54 Å². The molecule has 0 saturated heterocycles. The Labute approximate surface area is 138 Å². The first-order valence-electron chi connectivity index (χ1n) is 7.37. The van der Waals surface area contributed by atoms with E-state index in [1.807, 2.05) is 37.3 Å². The third-order valence-corrected chi connectivity index (χ3v) is 3.78. The summed E-state index contributed by atoms with van der Waals surface area (Å²) < 4.78 is 6.39. The van der Waals surface area contributed by atoms with Crippen molar-refractivity contribution in [2.24, 2.45) is 0 Å². The second-order valence-corrected chi connectivity index (χ2v) is 5.54. The van der Waals surface area contributed by atoms with Crippen LogP contribution in [0.2, 0.25) is 0 Å². The second-order valence-electron chi connectivity index (χ2n) is 5.54. The van der Waals surface area contributed by atoms with E-state index in [0.29, 0.717) is 17.1 Å². The molecule has 0 aliphatic rings. The number of nitriles is 1. The molecule has 0 unspecified atom stereocenters. The molecule has 0 bridgehead atoms. The molecule has 120 valence electrons. The predicted molar refractivity (Wildman–Crippen MR) is 86.3 cm³/mol. The lowest BCUT2D eigenvalue weighted by atomic mass is 10.1. The largest absolute Gasteiger partial charge is 0.337 e. The molecule has 7 nitrogen and oxygen atoms in total. The van der Waals surface area contributed by atoms with E-state index < -0.39 is 5.56 Å². The second kappa shape index (κ2) is 6.08. The molecule has 0 radical (unpaired) electrons. The molecule has 0 spiro atoms. The van der Waals surface area contributed by atoms with E-state index in [1.165, 1.54) is 4.68 Å². The molecule has 0 fully saturated rings. The van der Waals surface area contributed by atoms with Crippen LogP contribution >= 0.6 is 0 Å². The molecule has 0 amide bonds. The van der Waals surface area contributed by atoms with Crippen molar-refractivity contribution in [3.8, 4) is 17.5 Å². The fourth-order valence-electron chi connectivity index (χ4n) is 2.36. The minimum atomic E-state index is -0.462. The topological polar surface area (TPSA) is 97.6 Å². The van der Waals surface area contributed by atoms with Crippen molar-refractivity contribution in [3.63, 3.8) is 0 Å². The van der Waals surface area contributed by atoms with Crippen LogP contribution in [0.25, 0.3) is 11.4 Å². The maximum atomic E-state index is 12.3. The fourth-order valence-corrected chi connectivity index (χ4v) is 2.36. The Morgan fingerprint density at radius 1 is 1.29 bits per heavy atom. The van der Waals surface area contributed by atoms with Gasteiger partial charge in [-0.25, -0.2) is 4.68 Å². The molecule has 0 N–H and O–H groups in total. The van der Waals surface area contributed by atoms with Crippen LogP contribution in [0.4, 0.5) is 0 Å². The molecule has 2 aromatic heterocycles. The van der Waals surface area contributed by atoms with Gasteiger partial charge in [0.2, 0.25) is 11.7 Å². The minimum absolute atomic E-state index is 0.0213. The summed E-state index contributed by atoms with van der Waals surface area (Å²) in [4.78, 5) is 16.6. The number of nitrogens with zero attached hydrogens (tertiary/aromatic N) is 5. The monoisotopic (exact) mass is 321 g/mol. The third kappa shape index (κ3) is 2.82. The first-order valence-corrected chi connectivity index (χ1v) is 7.37. The van der Waals surface area contributed by atoms with Gasteiger partial charge in [-0.3, -0.25) is 4.79 Å². The number of aromatic nitrogens is 4. The lowest BCUT2D eigenvalue weighted by molar-refractivity contribution is 0.362. The zero-order valence-electron chi connectivity index (χ0n) is 13.6. The van der Waals surface area contributed by atoms with Gasteiger partial charge in [-0.15, -0.1) is 0 Å². The van der Waals surface area contributed by atoms with Crippen molar-refractivity contribution in [1.82, 2.24) is 19.9 Å². The quantitative estimate of drug-likeness (QED) is 0.733. The molecular formula is C17H15N5O2. The van der Waals surface area contributed by atoms with E-state index in [-0.39, 0.29) is 18.0 Å². The molecular weight excluding hydrogens is 306 g/mol. The summed E-state index contributed by atoms with van der Waals surface area (Å²) in [5.74, 6) is 0.708. The molecule has 1 aromatic carbocycles. The van der Waals surface area contributed by atoms with Gasteiger partial charge in [0.25, 0.3) is 5.56 Å². The summed E-state index contributed by atoms with van der Waals surface area (Å²) in [7, 11) is 0. The van der Waals surface area contributed by atoms with Gasteiger partial charge < -0.3 is 4.52 Å². The van der Waals surface area contributed by atoms with Gasteiger partial charge in [-0.2, -0.15) is 15.3 Å². The van der Waals surface area contributed by atoms with Crippen molar-refractivity contribution in [3.05, 3.63) is 62.9 Å². The number of benzene rings is 1. The summed E-state index contributed by atoms with van der Waals surface area (Å²) in [5, 5.41) is 17.3. The van der Waals surface area contributed by atoms with E-state index in [9.17, 15) is 4.79 Å². The first kappa shape index (κ1) is 15.6. The van der Waals surface area contributed by atoms with Gasteiger partial charge in [-0.05, 0) is 32.4 Å². The van der Waals surface area contributed by atoms with Gasteiger partial charge >= 0.3 is 0 Å². The molecule has 3 aromatic rings. The van der Waals surface area contributed by atoms with Crippen molar-refractivity contribution < 1.29 is 4.52 Å². The lowest BCUT2D eigenvalue weighted by Crippen LogP contribution is -2.28. The summed E-state index contributed by atoms with van der Waals surface area (Å²) in [5.41, 5.74) is 2.75. The highest BCUT2D eigenvalue weighted by Crippen LogP contribution is 2.17. The predicted octanol–water partition coefficient (Wildman–Crippen LogP) is 2.14. The van der Waals surface area contributed by atoms with Gasteiger partial charge in [0.1, 0.15) is 18.2 Å². The highest BCUT2D eigenvalue weighted by atomic mass is 16.5. The SMILES string of the molecule is Cc1cccc(-c2noc(Cn3nc(C)c(C)c(C#N)c3=O)n2)c1. The Morgan fingerprint density at radius 2 is 2.08 bits per heavy atom. The van der Waals surface area contributed by atoms with Gasteiger partial charge in [0.05, 0.1) is 5.69 Å². The fraction of sp³-hybridized carbons (Fsp3) is 0.235. The van der Waals surface area contributed by atoms with Crippen molar-refractivity contribution >= 4 is 0 Å². The Bertz CT molecular complexity index is 1010. The van der Waals surface area contributed by atoms with Crippen LogP contribution in [0.5, 0.6) is 0 Å². The molecule has 2 heterocycles. The number of hydrogen-bond donors (Lipinski definition) is 0. The van der Waals surface area contributed by atoms with E-state index in [2.05, 4.69) is 15.2 Å². The number of rotatable bonds is 3. The van der Waals surface area contributed by atoms with E-state index >= 15 is 0 Å². The van der Waals surface area contributed by atoms with E-state index in [1.54, 1.807) is 13.8 Å². The third-order valence-electron chi connectivity index (χ3n) is 3.78. The van der Waals surface area contributed by atoms with Gasteiger partial charge in [0, 0.05) is 5.56 Å². The van der Waals surface area contributed by atoms with Crippen LogP contribution in [0.15, 0.2) is 33.6 Å². The highest BCUT2D eigenvalue weighted by Gasteiger charge is 2.15. The standard InChI is InChI=1S/C17H15N5O2/c1-10-5-4-6-13(7-10)16-19-15(24-21-16)9-22-17(23)14(8-18)11(2)12(3)20-22/h4-7H,9H2,1-3H3. The zero-order valence-corrected chi connectivity index (χ0v) is 13.6. The lowest BCUT2D eigenvalue weighted by Gasteiger charge is -2.06. The van der Waals surface area contributed by atoms with Crippen LogP contribution < -0.4 is 5.56 Å². The molecule has 0 atom stereocenters. The summed E-state index contributed by atoms with van der Waals surface area (Å²) in [6.07, 6.45) is 0. The minimum Gasteiger partial charge on any atom is -0.337 e. The average Bonchev–Trinajstić information content (AvgIpc) is 3.02. The maximum Gasteiger partial charge on any atom is 0.285 e. The van der Waals surface area contributed by atoms with E-state index in [4.69, 9.17) is 9.78 Å². The maximum absolute atomic E-state index is 12.3. The van der Waals surface area contributed by atoms with Gasteiger partial charge in [-0.1, -0.05) is 28.9 Å². The van der Waals surface area contributed by atoms with Crippen molar-refractivity contribution in [1.29, 1.82) is 5.26 Å². The molecule has 0 saturated carbocycles. The highest BCUT2D eigenvalue weighted by molar-refractivity contribution is 5.55. The zero-order chi connectivity index (χ0) is 17.3. The van der Waals surface area contributed by atoms with Crippen LogP contribution in [0.3, 0.4) is 0 Å². The molecule has 24 heavy (non-hydrogen) atoms. The Kier molecular flexibility index (Phi) is 3.96. The van der Waals surface area contributed by atoms with Crippen molar-refractivity contribution in [2.45, 2.75) is 27.3 Å². The summed E-state index contributed by atoms with van der Waals surface area (Å²) in [6.45, 7) is 5.45. The smallest absolute Gasteiger partial charge is 0.285 e. The van der Waals surface area contributed by atoms with Crippen LogP contribution in [0.1, 0.15) is 28.3 Å². The molecule has 0 aliphatic heterocycles. The molecule has 7 heteroatoms. The summed E-state index contributed by atoms with van der Waals surface area (Å²) in [6, 6.07) is 9.65. The van der Waals surface area contributed by atoms with Crippen LogP contribution in [0, 0.1) is 32.1 Å². The Balaban J connectivity index is 1.95. The first-order chi connectivity index (χ1) is 11.5. The Morgan fingerprint density at radius 3 is 2.79 bits per heavy atom. The molecule has 0 aliphatic carbocycles. The Hall–Kier alpha value is -3.27. The number of aryl methyl sites for hydroxylation is 2. The van der Waals surface area contributed by atoms with Crippen molar-refractivity contribution in [2.75, 3.05) is 0 Å². The molecule has 3 rings (SSSR count). The number of hydrogen-bond acceptors (Lipinski definition) is 6.